The van der Waals surface area contributed by atoms with Crippen molar-refractivity contribution >= 4 is 0 Å². The van der Waals surface area contributed by atoms with Crippen molar-refractivity contribution in [2.75, 3.05) is 6.61 Å². The third-order valence-corrected chi connectivity index (χ3v) is 1.85. The Morgan fingerprint density at radius 1 is 1.38 bits per heavy atom. The molecule has 0 bridgehead atoms. The molecule has 0 amide bonds. The molecule has 1 aromatic rings. The van der Waals surface area contributed by atoms with Crippen LogP contribution in [-0.4, -0.2) is 16.8 Å². The average molecular weight is 184 g/mol. The molecule has 72 valence electrons. The summed E-state index contributed by atoms with van der Waals surface area (Å²) in [6.07, 6.45) is -0.539. The first-order valence-corrected chi connectivity index (χ1v) is 4.19. The Kier molecular flexibility index (Phi) is 3.39. The van der Waals surface area contributed by atoms with Gasteiger partial charge in [0.25, 0.3) is 0 Å². The van der Waals surface area contributed by atoms with E-state index in [0.29, 0.717) is 5.56 Å². The lowest BCUT2D eigenvalue weighted by Gasteiger charge is -2.09. The molecule has 0 heterocycles. The van der Waals surface area contributed by atoms with E-state index in [2.05, 4.69) is 0 Å². The van der Waals surface area contributed by atoms with Gasteiger partial charge in [0.05, 0.1) is 6.10 Å². The van der Waals surface area contributed by atoms with Crippen LogP contribution in [0.3, 0.4) is 0 Å². The van der Waals surface area contributed by atoms with E-state index in [9.17, 15) is 9.50 Å². The van der Waals surface area contributed by atoms with Gasteiger partial charge in [-0.1, -0.05) is 6.07 Å². The normalized spacial score (nSPS) is 12.9. The van der Waals surface area contributed by atoms with Crippen LogP contribution in [0, 0.1) is 12.7 Å². The van der Waals surface area contributed by atoms with Crippen LogP contribution in [-0.2, 0) is 0 Å². The SMILES string of the molecule is Cc1cc(F)cc(C(O)CCO)c1. The lowest BCUT2D eigenvalue weighted by atomic mass is 10.0. The van der Waals surface area contributed by atoms with Crippen molar-refractivity contribution < 1.29 is 14.6 Å². The first-order chi connectivity index (χ1) is 6.13. The molecule has 0 fully saturated rings. The van der Waals surface area contributed by atoms with E-state index in [0.717, 1.165) is 5.56 Å². The lowest BCUT2D eigenvalue weighted by Crippen LogP contribution is -2.01. The predicted molar refractivity (Wildman–Crippen MR) is 47.8 cm³/mol. The van der Waals surface area contributed by atoms with Crippen molar-refractivity contribution in [3.63, 3.8) is 0 Å². The van der Waals surface area contributed by atoms with Crippen molar-refractivity contribution in [2.24, 2.45) is 0 Å². The predicted octanol–water partition coefficient (Wildman–Crippen LogP) is 1.55. The molecule has 0 saturated heterocycles. The number of hydrogen-bond acceptors (Lipinski definition) is 2. The summed E-state index contributed by atoms with van der Waals surface area (Å²) in [7, 11) is 0. The van der Waals surface area contributed by atoms with Gasteiger partial charge in [-0.15, -0.1) is 0 Å². The van der Waals surface area contributed by atoms with E-state index in [-0.39, 0.29) is 18.8 Å². The average Bonchev–Trinajstić information content (AvgIpc) is 2.03. The van der Waals surface area contributed by atoms with Gasteiger partial charge >= 0.3 is 0 Å². The summed E-state index contributed by atoms with van der Waals surface area (Å²) in [5.41, 5.74) is 1.29. The van der Waals surface area contributed by atoms with E-state index in [4.69, 9.17) is 5.11 Å². The quantitative estimate of drug-likeness (QED) is 0.748. The first-order valence-electron chi connectivity index (χ1n) is 4.19. The number of hydrogen-bond donors (Lipinski definition) is 2. The molecule has 0 aliphatic heterocycles. The molecule has 1 atom stereocenters. The highest BCUT2D eigenvalue weighted by molar-refractivity contribution is 5.25. The van der Waals surface area contributed by atoms with Gasteiger partial charge in [-0.25, -0.2) is 4.39 Å². The summed E-state index contributed by atoms with van der Waals surface area (Å²) in [5.74, 6) is -0.355. The highest BCUT2D eigenvalue weighted by Gasteiger charge is 2.08. The Morgan fingerprint density at radius 3 is 2.62 bits per heavy atom. The molecule has 13 heavy (non-hydrogen) atoms. The van der Waals surface area contributed by atoms with Gasteiger partial charge in [-0.2, -0.15) is 0 Å². The molecular weight excluding hydrogens is 171 g/mol. The summed E-state index contributed by atoms with van der Waals surface area (Å²) >= 11 is 0. The van der Waals surface area contributed by atoms with Crippen LogP contribution in [0.15, 0.2) is 18.2 Å². The molecule has 2 N–H and O–H groups in total. The minimum absolute atomic E-state index is 0.100. The summed E-state index contributed by atoms with van der Waals surface area (Å²) in [6, 6.07) is 4.39. The zero-order valence-corrected chi connectivity index (χ0v) is 7.50. The van der Waals surface area contributed by atoms with Crippen molar-refractivity contribution in [1.82, 2.24) is 0 Å². The minimum atomic E-state index is -0.778. The molecular formula is C10H13FO2. The molecule has 3 heteroatoms. The Bertz CT molecular complexity index is 266. The molecule has 1 unspecified atom stereocenters. The fourth-order valence-corrected chi connectivity index (χ4v) is 1.25. The molecule has 2 nitrogen and oxygen atoms in total. The number of aryl methyl sites for hydroxylation is 1. The zero-order valence-electron chi connectivity index (χ0n) is 7.50. The standard InChI is InChI=1S/C10H13FO2/c1-7-4-8(6-9(11)5-7)10(13)2-3-12/h4-6,10,12-13H,2-3H2,1H3. The molecule has 1 rings (SSSR count). The van der Waals surface area contributed by atoms with Gasteiger partial charge in [0.1, 0.15) is 5.82 Å². The summed E-state index contributed by atoms with van der Waals surface area (Å²) in [5, 5.41) is 18.0. The van der Waals surface area contributed by atoms with Gasteiger partial charge in [0.15, 0.2) is 0 Å². The summed E-state index contributed by atoms with van der Waals surface area (Å²) in [6.45, 7) is 1.66. The highest BCUT2D eigenvalue weighted by atomic mass is 19.1. The van der Waals surface area contributed by atoms with E-state index in [1.165, 1.54) is 12.1 Å². The number of aliphatic hydroxyl groups excluding tert-OH is 2. The number of halogens is 1. The third-order valence-electron chi connectivity index (χ3n) is 1.85. The first kappa shape index (κ1) is 10.2. The molecule has 0 aliphatic rings. The monoisotopic (exact) mass is 184 g/mol. The van der Waals surface area contributed by atoms with E-state index in [1.54, 1.807) is 13.0 Å². The zero-order chi connectivity index (χ0) is 9.84. The molecule has 0 saturated carbocycles. The number of benzene rings is 1. The van der Waals surface area contributed by atoms with E-state index < -0.39 is 6.10 Å². The fourth-order valence-electron chi connectivity index (χ4n) is 1.25. The van der Waals surface area contributed by atoms with Crippen LogP contribution >= 0.6 is 0 Å². The summed E-state index contributed by atoms with van der Waals surface area (Å²) in [4.78, 5) is 0. The van der Waals surface area contributed by atoms with Crippen LogP contribution in [0.2, 0.25) is 0 Å². The Balaban J connectivity index is 2.87. The number of rotatable bonds is 3. The minimum Gasteiger partial charge on any atom is -0.396 e. The van der Waals surface area contributed by atoms with Crippen LogP contribution in [0.5, 0.6) is 0 Å². The van der Waals surface area contributed by atoms with Gasteiger partial charge in [-0.3, -0.25) is 0 Å². The molecule has 0 aliphatic carbocycles. The maximum atomic E-state index is 12.9. The van der Waals surface area contributed by atoms with Gasteiger partial charge in [0.2, 0.25) is 0 Å². The third kappa shape index (κ3) is 2.79. The lowest BCUT2D eigenvalue weighted by molar-refractivity contribution is 0.134. The van der Waals surface area contributed by atoms with Crippen LogP contribution in [0.4, 0.5) is 4.39 Å². The van der Waals surface area contributed by atoms with Crippen molar-refractivity contribution in [1.29, 1.82) is 0 Å². The van der Waals surface area contributed by atoms with Crippen LogP contribution in [0.1, 0.15) is 23.7 Å². The molecule has 1 aromatic carbocycles. The van der Waals surface area contributed by atoms with Gasteiger partial charge < -0.3 is 10.2 Å². The van der Waals surface area contributed by atoms with Crippen LogP contribution < -0.4 is 0 Å². The Labute approximate surface area is 76.6 Å². The Morgan fingerprint density at radius 2 is 2.08 bits per heavy atom. The van der Waals surface area contributed by atoms with Crippen molar-refractivity contribution in [2.45, 2.75) is 19.4 Å². The topological polar surface area (TPSA) is 40.5 Å². The molecule has 0 aromatic heterocycles. The number of aliphatic hydroxyl groups is 2. The van der Waals surface area contributed by atoms with Crippen molar-refractivity contribution in [3.8, 4) is 0 Å². The van der Waals surface area contributed by atoms with E-state index in [1.807, 2.05) is 0 Å². The van der Waals surface area contributed by atoms with Gasteiger partial charge in [0, 0.05) is 13.0 Å². The highest BCUT2D eigenvalue weighted by Crippen LogP contribution is 2.18. The van der Waals surface area contributed by atoms with E-state index >= 15 is 0 Å². The maximum Gasteiger partial charge on any atom is 0.123 e. The fraction of sp³-hybridized carbons (Fsp3) is 0.400. The second-order valence-electron chi connectivity index (χ2n) is 3.09. The van der Waals surface area contributed by atoms with Gasteiger partial charge in [-0.05, 0) is 30.2 Å². The molecule has 0 spiro atoms. The largest absolute Gasteiger partial charge is 0.396 e. The van der Waals surface area contributed by atoms with Crippen LogP contribution in [0.25, 0.3) is 0 Å². The summed E-state index contributed by atoms with van der Waals surface area (Å²) < 4.78 is 12.9. The maximum absolute atomic E-state index is 12.9. The molecule has 0 radical (unpaired) electrons. The smallest absolute Gasteiger partial charge is 0.123 e. The second-order valence-corrected chi connectivity index (χ2v) is 3.09. The van der Waals surface area contributed by atoms with Crippen molar-refractivity contribution in [3.05, 3.63) is 35.1 Å². The Hall–Kier alpha value is -0.930. The second kappa shape index (κ2) is 4.35.